The maximum absolute atomic E-state index is 11.8. The highest BCUT2D eigenvalue weighted by molar-refractivity contribution is 9.10. The SMILES string of the molecule is C/C(=N\NC(=O)CCOc1ccccc1C)c1ccc(Br)cc1. The molecule has 0 spiro atoms. The fourth-order valence-corrected chi connectivity index (χ4v) is 2.19. The molecule has 1 N–H and O–H groups in total. The standard InChI is InChI=1S/C18H19BrN2O2/c1-13-5-3-4-6-17(13)23-12-11-18(22)21-20-14(2)15-7-9-16(19)10-8-15/h3-10H,11-12H2,1-2H3,(H,21,22)/b20-14+. The van der Waals surface area contributed by atoms with Crippen molar-refractivity contribution in [2.24, 2.45) is 5.10 Å². The van der Waals surface area contributed by atoms with Crippen molar-refractivity contribution in [3.05, 3.63) is 64.1 Å². The minimum Gasteiger partial charge on any atom is -0.493 e. The lowest BCUT2D eigenvalue weighted by Crippen LogP contribution is -2.21. The van der Waals surface area contributed by atoms with Crippen LogP contribution in [0.4, 0.5) is 0 Å². The van der Waals surface area contributed by atoms with Crippen molar-refractivity contribution < 1.29 is 9.53 Å². The van der Waals surface area contributed by atoms with Crippen LogP contribution in [0.5, 0.6) is 5.75 Å². The Bertz CT molecular complexity index is 696. The topological polar surface area (TPSA) is 50.7 Å². The summed E-state index contributed by atoms with van der Waals surface area (Å²) in [5.41, 5.74) is 5.32. The van der Waals surface area contributed by atoms with Crippen LogP contribution >= 0.6 is 15.9 Å². The van der Waals surface area contributed by atoms with Crippen molar-refractivity contribution in [3.63, 3.8) is 0 Å². The minimum atomic E-state index is -0.171. The van der Waals surface area contributed by atoms with Gasteiger partial charge in [-0.05, 0) is 43.2 Å². The summed E-state index contributed by atoms with van der Waals surface area (Å²) in [6, 6.07) is 15.5. The number of hydrazone groups is 1. The third-order valence-corrected chi connectivity index (χ3v) is 3.82. The first kappa shape index (κ1) is 17.2. The van der Waals surface area contributed by atoms with Gasteiger partial charge in [0.25, 0.3) is 0 Å². The number of carbonyl (C=O) groups excluding carboxylic acids is 1. The molecule has 0 saturated heterocycles. The summed E-state index contributed by atoms with van der Waals surface area (Å²) in [6.45, 7) is 4.15. The Labute approximate surface area is 144 Å². The van der Waals surface area contributed by atoms with Gasteiger partial charge in [-0.3, -0.25) is 4.79 Å². The number of benzene rings is 2. The van der Waals surface area contributed by atoms with Crippen molar-refractivity contribution in [1.82, 2.24) is 5.43 Å². The van der Waals surface area contributed by atoms with Crippen molar-refractivity contribution >= 4 is 27.5 Å². The number of aryl methyl sites for hydroxylation is 1. The molecular weight excluding hydrogens is 356 g/mol. The number of ether oxygens (including phenoxy) is 1. The van der Waals surface area contributed by atoms with Gasteiger partial charge in [0.05, 0.1) is 18.7 Å². The van der Waals surface area contributed by atoms with E-state index in [1.165, 1.54) is 0 Å². The van der Waals surface area contributed by atoms with Crippen molar-refractivity contribution in [2.75, 3.05) is 6.61 Å². The van der Waals surface area contributed by atoms with E-state index in [0.717, 1.165) is 27.1 Å². The first-order valence-electron chi connectivity index (χ1n) is 7.34. The van der Waals surface area contributed by atoms with Crippen molar-refractivity contribution in [1.29, 1.82) is 0 Å². The second-order valence-electron chi connectivity index (χ2n) is 5.10. The summed E-state index contributed by atoms with van der Waals surface area (Å²) in [4.78, 5) is 11.8. The molecular formula is C18H19BrN2O2. The van der Waals surface area contributed by atoms with E-state index in [1.54, 1.807) is 0 Å². The molecule has 0 aliphatic rings. The number of hydrogen-bond acceptors (Lipinski definition) is 3. The van der Waals surface area contributed by atoms with Gasteiger partial charge in [-0.15, -0.1) is 0 Å². The fraction of sp³-hybridized carbons (Fsp3) is 0.222. The number of carbonyl (C=O) groups is 1. The van der Waals surface area contributed by atoms with E-state index in [2.05, 4.69) is 26.5 Å². The Balaban J connectivity index is 1.79. The average Bonchev–Trinajstić information content (AvgIpc) is 2.55. The molecule has 1 amide bonds. The molecule has 120 valence electrons. The van der Waals surface area contributed by atoms with E-state index in [1.807, 2.05) is 62.4 Å². The van der Waals surface area contributed by atoms with Gasteiger partial charge < -0.3 is 4.74 Å². The van der Waals surface area contributed by atoms with Crippen LogP contribution in [0.3, 0.4) is 0 Å². The van der Waals surface area contributed by atoms with E-state index < -0.39 is 0 Å². The van der Waals surface area contributed by atoms with Gasteiger partial charge in [0.2, 0.25) is 5.91 Å². The summed E-state index contributed by atoms with van der Waals surface area (Å²) in [7, 11) is 0. The number of nitrogens with zero attached hydrogens (tertiary/aromatic N) is 1. The molecule has 23 heavy (non-hydrogen) atoms. The Morgan fingerprint density at radius 1 is 1.17 bits per heavy atom. The molecule has 0 bridgehead atoms. The van der Waals surface area contributed by atoms with Crippen LogP contribution in [0.1, 0.15) is 24.5 Å². The number of rotatable bonds is 6. The van der Waals surface area contributed by atoms with Gasteiger partial charge in [-0.25, -0.2) is 5.43 Å². The summed E-state index contributed by atoms with van der Waals surface area (Å²) < 4.78 is 6.60. The monoisotopic (exact) mass is 374 g/mol. The molecule has 0 atom stereocenters. The maximum atomic E-state index is 11.8. The van der Waals surface area contributed by atoms with Crippen molar-refractivity contribution in [3.8, 4) is 5.75 Å². The van der Waals surface area contributed by atoms with Crippen LogP contribution in [0.2, 0.25) is 0 Å². The third kappa shape index (κ3) is 5.53. The van der Waals surface area contributed by atoms with Crippen molar-refractivity contribution in [2.45, 2.75) is 20.3 Å². The predicted molar refractivity (Wildman–Crippen MR) is 95.8 cm³/mol. The van der Waals surface area contributed by atoms with E-state index >= 15 is 0 Å². The molecule has 2 aromatic rings. The molecule has 2 aromatic carbocycles. The molecule has 0 heterocycles. The Hall–Kier alpha value is -2.14. The normalized spacial score (nSPS) is 11.2. The zero-order valence-corrected chi connectivity index (χ0v) is 14.8. The highest BCUT2D eigenvalue weighted by Crippen LogP contribution is 2.16. The quantitative estimate of drug-likeness (QED) is 0.611. The lowest BCUT2D eigenvalue weighted by Gasteiger charge is -2.08. The number of halogens is 1. The van der Waals surface area contributed by atoms with Gasteiger partial charge in [0.1, 0.15) is 5.75 Å². The molecule has 5 heteroatoms. The van der Waals surface area contributed by atoms with E-state index in [9.17, 15) is 4.79 Å². The molecule has 0 fully saturated rings. The molecule has 4 nitrogen and oxygen atoms in total. The number of amides is 1. The zero-order valence-electron chi connectivity index (χ0n) is 13.2. The van der Waals surface area contributed by atoms with Gasteiger partial charge in [-0.1, -0.05) is 46.3 Å². The Morgan fingerprint density at radius 2 is 1.87 bits per heavy atom. The lowest BCUT2D eigenvalue weighted by atomic mass is 10.1. The van der Waals surface area contributed by atoms with E-state index in [-0.39, 0.29) is 12.3 Å². The molecule has 0 unspecified atom stereocenters. The summed E-state index contributed by atoms with van der Waals surface area (Å²) in [5.74, 6) is 0.630. The maximum Gasteiger partial charge on any atom is 0.243 e. The molecule has 0 radical (unpaired) electrons. The molecule has 2 rings (SSSR count). The van der Waals surface area contributed by atoms with Gasteiger partial charge in [-0.2, -0.15) is 5.10 Å². The fourth-order valence-electron chi connectivity index (χ4n) is 1.93. The minimum absolute atomic E-state index is 0.171. The first-order valence-corrected chi connectivity index (χ1v) is 8.13. The van der Waals surface area contributed by atoms with Crippen LogP contribution in [0.15, 0.2) is 58.1 Å². The molecule has 0 aliphatic heterocycles. The summed E-state index contributed by atoms with van der Waals surface area (Å²) in [6.07, 6.45) is 0.255. The van der Waals surface area contributed by atoms with Gasteiger partial charge >= 0.3 is 0 Å². The smallest absolute Gasteiger partial charge is 0.243 e. The van der Waals surface area contributed by atoms with Crippen LogP contribution in [-0.4, -0.2) is 18.2 Å². The second kappa shape index (κ2) is 8.48. The molecule has 0 saturated carbocycles. The predicted octanol–water partition coefficient (Wildman–Crippen LogP) is 4.07. The Kier molecular flexibility index (Phi) is 6.35. The van der Waals surface area contributed by atoms with Gasteiger partial charge in [0.15, 0.2) is 0 Å². The number of nitrogens with one attached hydrogen (secondary N) is 1. The highest BCUT2D eigenvalue weighted by Gasteiger charge is 2.03. The third-order valence-electron chi connectivity index (χ3n) is 3.29. The second-order valence-corrected chi connectivity index (χ2v) is 6.02. The van der Waals surface area contributed by atoms with Crippen LogP contribution in [-0.2, 0) is 4.79 Å². The summed E-state index contributed by atoms with van der Waals surface area (Å²) in [5, 5.41) is 4.11. The largest absolute Gasteiger partial charge is 0.493 e. The number of hydrogen-bond donors (Lipinski definition) is 1. The lowest BCUT2D eigenvalue weighted by molar-refractivity contribution is -0.121. The molecule has 0 aliphatic carbocycles. The van der Waals surface area contributed by atoms with E-state index in [4.69, 9.17) is 4.74 Å². The first-order chi connectivity index (χ1) is 11.1. The Morgan fingerprint density at radius 3 is 2.57 bits per heavy atom. The van der Waals surface area contributed by atoms with Crippen LogP contribution < -0.4 is 10.2 Å². The number of para-hydroxylation sites is 1. The summed E-state index contributed by atoms with van der Waals surface area (Å²) >= 11 is 3.39. The van der Waals surface area contributed by atoms with Crippen LogP contribution in [0, 0.1) is 6.92 Å². The van der Waals surface area contributed by atoms with E-state index in [0.29, 0.717) is 6.61 Å². The average molecular weight is 375 g/mol. The molecule has 0 aromatic heterocycles. The zero-order chi connectivity index (χ0) is 16.7. The van der Waals surface area contributed by atoms with Gasteiger partial charge in [0, 0.05) is 4.47 Å². The van der Waals surface area contributed by atoms with Crippen LogP contribution in [0.25, 0.3) is 0 Å². The highest BCUT2D eigenvalue weighted by atomic mass is 79.9.